The Hall–Kier alpha value is -3.73. The maximum Gasteiger partial charge on any atom is 0.138 e. The molecule has 0 aliphatic carbocycles. The maximum absolute atomic E-state index is 6.13. The molecule has 0 amide bonds. The predicted octanol–water partition coefficient (Wildman–Crippen LogP) is 7.44. The third-order valence-electron chi connectivity index (χ3n) is 6.50. The van der Waals surface area contributed by atoms with Crippen LogP contribution < -0.4 is 16.2 Å². The van der Waals surface area contributed by atoms with Crippen molar-refractivity contribution in [3.05, 3.63) is 60.7 Å². The molecule has 5 aromatic rings. The van der Waals surface area contributed by atoms with Gasteiger partial charge < -0.3 is 21.2 Å². The molecular weight excluding hydrogens is 420 g/mol. The van der Waals surface area contributed by atoms with E-state index >= 15 is 0 Å². The van der Waals surface area contributed by atoms with Crippen LogP contribution in [0.4, 0.5) is 11.4 Å². The number of nitrogens with two attached hydrogens (primary N) is 2. The highest BCUT2D eigenvalue weighted by Gasteiger charge is 2.14. The number of aromatic nitrogens is 2. The van der Waals surface area contributed by atoms with Gasteiger partial charge in [-0.2, -0.15) is 0 Å². The fraction of sp³-hybridized carbons (Fsp3) is 0.276. The standard InChI is InChI=1S/C29H32N4O/c1-2-3-4-5-6-7-16-34-22-12-8-19(9-13-22)29-32-27-25-17-20(30)10-14-23(25)24-15-11-21(31)18-26(24)28(27)33-29/h8-15,17-18H,2-7,16,30-31H2,1H3,(H,32,33). The number of hydrogen-bond acceptors (Lipinski definition) is 4. The predicted molar refractivity (Wildman–Crippen MR) is 144 cm³/mol. The highest BCUT2D eigenvalue weighted by Crippen LogP contribution is 2.37. The molecule has 34 heavy (non-hydrogen) atoms. The number of benzene rings is 4. The van der Waals surface area contributed by atoms with Crippen LogP contribution in [0.5, 0.6) is 5.75 Å². The molecule has 0 aliphatic heterocycles. The molecule has 0 radical (unpaired) electrons. The summed E-state index contributed by atoms with van der Waals surface area (Å²) in [5.41, 5.74) is 16.6. The van der Waals surface area contributed by atoms with E-state index in [1.807, 2.05) is 36.4 Å². The summed E-state index contributed by atoms with van der Waals surface area (Å²) < 4.78 is 5.95. The number of nitrogens with zero attached hydrogens (tertiary/aromatic N) is 1. The second-order valence-corrected chi connectivity index (χ2v) is 9.06. The molecular formula is C29H32N4O. The lowest BCUT2D eigenvalue weighted by Gasteiger charge is -2.07. The molecule has 0 atom stereocenters. The van der Waals surface area contributed by atoms with Crippen molar-refractivity contribution in [1.29, 1.82) is 0 Å². The Morgan fingerprint density at radius 3 is 2.12 bits per heavy atom. The lowest BCUT2D eigenvalue weighted by atomic mass is 9.99. The van der Waals surface area contributed by atoms with Crippen molar-refractivity contribution in [3.63, 3.8) is 0 Å². The zero-order valence-electron chi connectivity index (χ0n) is 19.7. The number of fused-ring (bicyclic) bond motifs is 6. The molecule has 1 aromatic heterocycles. The number of nitrogen functional groups attached to an aromatic ring is 2. The van der Waals surface area contributed by atoms with Gasteiger partial charge in [0, 0.05) is 27.7 Å². The summed E-state index contributed by atoms with van der Waals surface area (Å²) in [6.45, 7) is 3.01. The maximum atomic E-state index is 6.13. The number of nitrogens with one attached hydrogen (secondary N) is 1. The fourth-order valence-electron chi connectivity index (χ4n) is 4.68. The molecule has 0 spiro atoms. The van der Waals surface area contributed by atoms with Gasteiger partial charge in [0.05, 0.1) is 17.6 Å². The molecule has 4 aromatic carbocycles. The van der Waals surface area contributed by atoms with Gasteiger partial charge in [-0.15, -0.1) is 0 Å². The molecule has 1 heterocycles. The van der Waals surface area contributed by atoms with Gasteiger partial charge in [-0.3, -0.25) is 0 Å². The molecule has 5 heteroatoms. The number of hydrogen-bond donors (Lipinski definition) is 3. The molecule has 0 aliphatic rings. The molecule has 0 unspecified atom stereocenters. The van der Waals surface area contributed by atoms with Gasteiger partial charge in [0.2, 0.25) is 0 Å². The number of imidazole rings is 1. The van der Waals surface area contributed by atoms with Crippen molar-refractivity contribution >= 4 is 44.0 Å². The van der Waals surface area contributed by atoms with Crippen LogP contribution in [0.15, 0.2) is 60.7 Å². The van der Waals surface area contributed by atoms with Crippen LogP contribution in [-0.2, 0) is 0 Å². The first-order valence-corrected chi connectivity index (χ1v) is 12.3. The van der Waals surface area contributed by atoms with Crippen LogP contribution in [0.3, 0.4) is 0 Å². The summed E-state index contributed by atoms with van der Waals surface area (Å²) in [6.07, 6.45) is 7.56. The van der Waals surface area contributed by atoms with E-state index in [0.29, 0.717) is 0 Å². The summed E-state index contributed by atoms with van der Waals surface area (Å²) in [7, 11) is 0. The molecule has 5 rings (SSSR count). The van der Waals surface area contributed by atoms with Crippen LogP contribution in [-0.4, -0.2) is 16.6 Å². The first kappa shape index (κ1) is 22.1. The lowest BCUT2D eigenvalue weighted by Crippen LogP contribution is -1.97. The summed E-state index contributed by atoms with van der Waals surface area (Å²) in [4.78, 5) is 8.52. The Morgan fingerprint density at radius 1 is 0.735 bits per heavy atom. The SMILES string of the molecule is CCCCCCCCOc1ccc(-c2nc3c4cc(N)ccc4c4ccc(N)cc4c3[nH]2)cc1. The molecule has 0 bridgehead atoms. The Balaban J connectivity index is 1.42. The van der Waals surface area contributed by atoms with Crippen molar-refractivity contribution in [1.82, 2.24) is 9.97 Å². The lowest BCUT2D eigenvalue weighted by molar-refractivity contribution is 0.304. The first-order chi connectivity index (χ1) is 16.6. The molecule has 0 fully saturated rings. The van der Waals surface area contributed by atoms with Gasteiger partial charge in [-0.05, 0) is 65.7 Å². The van der Waals surface area contributed by atoms with Gasteiger partial charge in [-0.1, -0.05) is 51.2 Å². The average Bonchev–Trinajstić information content (AvgIpc) is 3.30. The Kier molecular flexibility index (Phi) is 6.26. The third kappa shape index (κ3) is 4.38. The minimum atomic E-state index is 0.722. The average molecular weight is 453 g/mol. The summed E-state index contributed by atoms with van der Waals surface area (Å²) in [6, 6.07) is 20.2. The largest absolute Gasteiger partial charge is 0.494 e. The summed E-state index contributed by atoms with van der Waals surface area (Å²) in [5.74, 6) is 1.71. The van der Waals surface area contributed by atoms with Crippen molar-refractivity contribution in [2.75, 3.05) is 18.1 Å². The van der Waals surface area contributed by atoms with E-state index in [1.54, 1.807) is 0 Å². The van der Waals surface area contributed by atoms with Gasteiger partial charge >= 0.3 is 0 Å². The second-order valence-electron chi connectivity index (χ2n) is 9.06. The van der Waals surface area contributed by atoms with Gasteiger partial charge in [0.15, 0.2) is 0 Å². The van der Waals surface area contributed by atoms with Crippen molar-refractivity contribution in [2.45, 2.75) is 45.4 Å². The zero-order valence-corrected chi connectivity index (χ0v) is 19.7. The third-order valence-corrected chi connectivity index (χ3v) is 6.50. The van der Waals surface area contributed by atoms with E-state index in [9.17, 15) is 0 Å². The summed E-state index contributed by atoms with van der Waals surface area (Å²) in [5, 5.41) is 4.34. The molecule has 5 N–H and O–H groups in total. The molecule has 0 saturated carbocycles. The second kappa shape index (κ2) is 9.64. The normalized spacial score (nSPS) is 11.6. The monoisotopic (exact) mass is 452 g/mol. The zero-order chi connectivity index (χ0) is 23.5. The molecule has 174 valence electrons. The highest BCUT2D eigenvalue weighted by atomic mass is 16.5. The van der Waals surface area contributed by atoms with Gasteiger partial charge in [0.1, 0.15) is 11.6 Å². The Labute approximate surface area is 200 Å². The minimum Gasteiger partial charge on any atom is -0.494 e. The first-order valence-electron chi connectivity index (χ1n) is 12.3. The number of aromatic amines is 1. The van der Waals surface area contributed by atoms with Gasteiger partial charge in [0.25, 0.3) is 0 Å². The van der Waals surface area contributed by atoms with Crippen LogP contribution in [0.25, 0.3) is 44.0 Å². The topological polar surface area (TPSA) is 89.9 Å². The van der Waals surface area contributed by atoms with Crippen LogP contribution >= 0.6 is 0 Å². The van der Waals surface area contributed by atoms with Crippen LogP contribution in [0.2, 0.25) is 0 Å². The minimum absolute atomic E-state index is 0.722. The van der Waals surface area contributed by atoms with E-state index in [1.165, 1.54) is 32.1 Å². The Morgan fingerprint density at radius 2 is 1.38 bits per heavy atom. The van der Waals surface area contributed by atoms with E-state index in [0.717, 1.165) is 74.1 Å². The number of ether oxygens (including phenoxy) is 1. The summed E-state index contributed by atoms with van der Waals surface area (Å²) >= 11 is 0. The van der Waals surface area contributed by atoms with E-state index in [-0.39, 0.29) is 0 Å². The van der Waals surface area contributed by atoms with Crippen molar-refractivity contribution < 1.29 is 4.74 Å². The van der Waals surface area contributed by atoms with Gasteiger partial charge in [-0.25, -0.2) is 4.98 Å². The number of H-pyrrole nitrogens is 1. The quantitative estimate of drug-likeness (QED) is 0.123. The van der Waals surface area contributed by atoms with E-state index < -0.39 is 0 Å². The van der Waals surface area contributed by atoms with E-state index in [4.69, 9.17) is 21.2 Å². The van der Waals surface area contributed by atoms with Crippen LogP contribution in [0.1, 0.15) is 45.4 Å². The van der Waals surface area contributed by atoms with E-state index in [2.05, 4.69) is 36.2 Å². The van der Waals surface area contributed by atoms with Crippen molar-refractivity contribution in [3.8, 4) is 17.1 Å². The number of unbranched alkanes of at least 4 members (excludes halogenated alkanes) is 5. The fourth-order valence-corrected chi connectivity index (χ4v) is 4.68. The van der Waals surface area contributed by atoms with Crippen LogP contribution in [0, 0.1) is 0 Å². The molecule has 0 saturated heterocycles. The number of rotatable bonds is 9. The molecule has 5 nitrogen and oxygen atoms in total. The van der Waals surface area contributed by atoms with Crippen molar-refractivity contribution in [2.24, 2.45) is 0 Å². The highest BCUT2D eigenvalue weighted by molar-refractivity contribution is 6.24. The Bertz CT molecular complexity index is 1360. The smallest absolute Gasteiger partial charge is 0.138 e. The number of anilines is 2.